The first-order valence-electron chi connectivity index (χ1n) is 12.3. The predicted octanol–water partition coefficient (Wildman–Crippen LogP) is 6.03. The van der Waals surface area contributed by atoms with Crippen LogP contribution in [0, 0.1) is 11.3 Å². The third-order valence-corrected chi connectivity index (χ3v) is 6.60. The molecule has 0 aliphatic heterocycles. The second-order valence-electron chi connectivity index (χ2n) is 9.23. The van der Waals surface area contributed by atoms with Gasteiger partial charge in [-0.2, -0.15) is 0 Å². The second kappa shape index (κ2) is 10.7. The quantitative estimate of drug-likeness (QED) is 0.143. The summed E-state index contributed by atoms with van der Waals surface area (Å²) >= 11 is 0. The maximum Gasteiger partial charge on any atom is 0.324 e. The Morgan fingerprint density at radius 1 is 0.730 bits per heavy atom. The lowest BCUT2D eigenvalue weighted by atomic mass is 10.0. The van der Waals surface area contributed by atoms with Crippen molar-refractivity contribution in [3.05, 3.63) is 132 Å². The first kappa shape index (κ1) is 24.4. The van der Waals surface area contributed by atoms with Crippen LogP contribution in [0.2, 0.25) is 0 Å². The number of carbonyl (C=O) groups is 2. The Morgan fingerprint density at radius 2 is 1.16 bits per heavy atom. The van der Waals surface area contributed by atoms with E-state index in [0.29, 0.717) is 30.8 Å². The van der Waals surface area contributed by atoms with Crippen molar-refractivity contribution in [1.29, 1.82) is 0 Å². The minimum atomic E-state index is -1.37. The Bertz CT molecular complexity index is 1270. The minimum absolute atomic E-state index is 0.0620. The highest BCUT2D eigenvalue weighted by molar-refractivity contribution is 6.04. The molecule has 0 N–H and O–H groups in total. The highest BCUT2D eigenvalue weighted by Gasteiger charge is 2.67. The van der Waals surface area contributed by atoms with E-state index in [-0.39, 0.29) is 19.1 Å². The zero-order valence-corrected chi connectivity index (χ0v) is 20.4. The van der Waals surface area contributed by atoms with E-state index in [9.17, 15) is 9.59 Å². The number of benzene rings is 2. The Morgan fingerprint density at radius 3 is 1.57 bits per heavy atom. The van der Waals surface area contributed by atoms with Crippen LogP contribution in [0.4, 0.5) is 0 Å². The largest absolute Gasteiger partial charge is 0.462 e. The van der Waals surface area contributed by atoms with Gasteiger partial charge in [-0.25, -0.2) is 0 Å². The van der Waals surface area contributed by atoms with Crippen LogP contribution in [-0.2, 0) is 45.1 Å². The molecule has 2 aromatic carbocycles. The molecule has 2 heterocycles. The molecular formula is C31H28O6. The van der Waals surface area contributed by atoms with Gasteiger partial charge >= 0.3 is 11.9 Å². The fraction of sp³-hybridized carbons (Fsp3) is 0.226. The number of ether oxygens (including phenoxy) is 2. The Kier molecular flexibility index (Phi) is 7.08. The normalized spacial score (nSPS) is 15.6. The number of allylic oxidation sites excluding steroid dienone is 1. The van der Waals surface area contributed by atoms with Crippen LogP contribution in [0.15, 0.2) is 106 Å². The summed E-state index contributed by atoms with van der Waals surface area (Å²) in [7, 11) is 0. The Labute approximate surface area is 215 Å². The van der Waals surface area contributed by atoms with Gasteiger partial charge in [0.2, 0.25) is 0 Å². The van der Waals surface area contributed by atoms with Crippen molar-refractivity contribution >= 4 is 11.9 Å². The fourth-order valence-corrected chi connectivity index (χ4v) is 4.44. The van der Waals surface area contributed by atoms with Crippen LogP contribution in [0.25, 0.3) is 0 Å². The van der Waals surface area contributed by atoms with Crippen LogP contribution >= 0.6 is 0 Å². The second-order valence-corrected chi connectivity index (χ2v) is 9.23. The van der Waals surface area contributed by atoms with Gasteiger partial charge in [0, 0.05) is 18.8 Å². The first-order chi connectivity index (χ1) is 18.1. The molecular weight excluding hydrogens is 468 g/mol. The van der Waals surface area contributed by atoms with E-state index < -0.39 is 17.4 Å². The van der Waals surface area contributed by atoms with Gasteiger partial charge < -0.3 is 18.3 Å². The van der Waals surface area contributed by atoms with Crippen LogP contribution in [0.1, 0.15) is 40.6 Å². The first-order valence-corrected chi connectivity index (χ1v) is 12.3. The lowest BCUT2D eigenvalue weighted by Gasteiger charge is -2.14. The number of esters is 2. The highest BCUT2D eigenvalue weighted by Crippen LogP contribution is 2.55. The Balaban J connectivity index is 1.15. The topological polar surface area (TPSA) is 78.9 Å². The molecule has 5 rings (SSSR count). The maximum absolute atomic E-state index is 13.0. The molecule has 0 amide bonds. The van der Waals surface area contributed by atoms with Crippen molar-refractivity contribution < 1.29 is 27.9 Å². The zero-order chi connectivity index (χ0) is 25.7. The van der Waals surface area contributed by atoms with Gasteiger partial charge in [0.15, 0.2) is 5.41 Å². The van der Waals surface area contributed by atoms with Gasteiger partial charge in [-0.15, -0.1) is 6.58 Å². The van der Waals surface area contributed by atoms with Crippen molar-refractivity contribution in [2.75, 3.05) is 0 Å². The summed E-state index contributed by atoms with van der Waals surface area (Å²) in [5, 5.41) is 0. The SMILES string of the molecule is C=CC1CC1(C(=O)OCc1ccc(Cc2ccccc2)o1)C(=O)OCc1ccc(Cc2ccccc2)o1. The van der Waals surface area contributed by atoms with Gasteiger partial charge in [-0.3, -0.25) is 9.59 Å². The fourth-order valence-electron chi connectivity index (χ4n) is 4.44. The predicted molar refractivity (Wildman–Crippen MR) is 136 cm³/mol. The van der Waals surface area contributed by atoms with Gasteiger partial charge in [-0.1, -0.05) is 66.7 Å². The molecule has 6 nitrogen and oxygen atoms in total. The van der Waals surface area contributed by atoms with Crippen LogP contribution < -0.4 is 0 Å². The van der Waals surface area contributed by atoms with E-state index in [4.69, 9.17) is 18.3 Å². The molecule has 0 saturated heterocycles. The van der Waals surface area contributed by atoms with E-state index in [1.807, 2.05) is 72.8 Å². The average Bonchev–Trinajstić information content (AvgIpc) is 3.24. The van der Waals surface area contributed by atoms with E-state index in [2.05, 4.69) is 6.58 Å². The van der Waals surface area contributed by atoms with E-state index in [0.717, 1.165) is 22.6 Å². The summed E-state index contributed by atoms with van der Waals surface area (Å²) in [5.41, 5.74) is 0.871. The number of carbonyl (C=O) groups excluding carboxylic acids is 2. The summed E-state index contributed by atoms with van der Waals surface area (Å²) in [6, 6.07) is 27.2. The minimum Gasteiger partial charge on any atom is -0.462 e. The maximum atomic E-state index is 13.0. The molecule has 2 aromatic heterocycles. The van der Waals surface area contributed by atoms with Crippen molar-refractivity contribution in [3.8, 4) is 0 Å². The average molecular weight is 497 g/mol. The summed E-state index contributed by atoms with van der Waals surface area (Å²) in [6.07, 6.45) is 3.19. The summed E-state index contributed by atoms with van der Waals surface area (Å²) in [6.45, 7) is 3.63. The molecule has 1 fully saturated rings. The van der Waals surface area contributed by atoms with Crippen molar-refractivity contribution in [2.45, 2.75) is 32.5 Å². The number of hydrogen-bond donors (Lipinski definition) is 0. The van der Waals surface area contributed by atoms with Gasteiger partial charge in [0.25, 0.3) is 0 Å². The summed E-state index contributed by atoms with van der Waals surface area (Å²) in [4.78, 5) is 26.0. The molecule has 37 heavy (non-hydrogen) atoms. The standard InChI is InChI=1S/C31H28O6/c1-2-24-19-31(24,29(32)34-20-27-15-13-25(36-27)17-22-9-5-3-6-10-22)30(33)35-21-28-16-14-26(37-28)18-23-11-7-4-8-12-23/h2-16,24H,1,17-21H2. The zero-order valence-electron chi connectivity index (χ0n) is 20.4. The van der Waals surface area contributed by atoms with E-state index in [1.165, 1.54) is 0 Å². The van der Waals surface area contributed by atoms with Crippen molar-refractivity contribution in [1.82, 2.24) is 0 Å². The van der Waals surface area contributed by atoms with Gasteiger partial charge in [0.05, 0.1) is 0 Å². The lowest BCUT2D eigenvalue weighted by Crippen LogP contribution is -2.31. The van der Waals surface area contributed by atoms with Crippen LogP contribution in [0.3, 0.4) is 0 Å². The van der Waals surface area contributed by atoms with Gasteiger partial charge in [0.1, 0.15) is 36.3 Å². The van der Waals surface area contributed by atoms with Crippen LogP contribution in [0.5, 0.6) is 0 Å². The molecule has 4 aromatic rings. The van der Waals surface area contributed by atoms with E-state index >= 15 is 0 Å². The van der Waals surface area contributed by atoms with E-state index in [1.54, 1.807) is 18.2 Å². The number of rotatable bonds is 11. The molecule has 0 radical (unpaired) electrons. The third-order valence-electron chi connectivity index (χ3n) is 6.60. The molecule has 1 aliphatic carbocycles. The monoisotopic (exact) mass is 496 g/mol. The molecule has 0 spiro atoms. The molecule has 1 unspecified atom stereocenters. The molecule has 1 aliphatic rings. The molecule has 0 bridgehead atoms. The Hall–Kier alpha value is -4.32. The molecule has 188 valence electrons. The van der Waals surface area contributed by atoms with Crippen LogP contribution in [-0.4, -0.2) is 11.9 Å². The smallest absolute Gasteiger partial charge is 0.324 e. The number of furan rings is 2. The number of hydrogen-bond acceptors (Lipinski definition) is 6. The van der Waals surface area contributed by atoms with Gasteiger partial charge in [-0.05, 0) is 41.8 Å². The molecule has 1 saturated carbocycles. The van der Waals surface area contributed by atoms with Crippen molar-refractivity contribution in [3.63, 3.8) is 0 Å². The van der Waals surface area contributed by atoms with Crippen molar-refractivity contribution in [2.24, 2.45) is 11.3 Å². The summed E-state index contributed by atoms with van der Waals surface area (Å²) < 4.78 is 22.6. The highest BCUT2D eigenvalue weighted by atomic mass is 16.6. The molecule has 1 atom stereocenters. The lowest BCUT2D eigenvalue weighted by molar-refractivity contribution is -0.167. The summed E-state index contributed by atoms with van der Waals surface area (Å²) in [5.74, 6) is 0.974. The molecule has 6 heteroatoms. The third kappa shape index (κ3) is 5.59.